The maximum Gasteiger partial charge on any atom is 0.230 e. The van der Waals surface area contributed by atoms with Gasteiger partial charge < -0.3 is 15.0 Å². The molecular formula is C24H28N2O3. The van der Waals surface area contributed by atoms with Crippen LogP contribution in [0.2, 0.25) is 0 Å². The molecule has 0 spiro atoms. The van der Waals surface area contributed by atoms with Crippen LogP contribution in [0.1, 0.15) is 48.8 Å². The lowest BCUT2D eigenvalue weighted by Crippen LogP contribution is -2.35. The number of nitrogens with zero attached hydrogens (tertiary/aromatic N) is 1. The Morgan fingerprint density at radius 1 is 1.17 bits per heavy atom. The van der Waals surface area contributed by atoms with E-state index in [9.17, 15) is 9.59 Å². The van der Waals surface area contributed by atoms with Gasteiger partial charge in [-0.15, -0.1) is 0 Å². The molecule has 1 saturated carbocycles. The predicted molar refractivity (Wildman–Crippen MR) is 112 cm³/mol. The lowest BCUT2D eigenvalue weighted by molar-refractivity contribution is -0.133. The number of nitrogens with one attached hydrogen (secondary N) is 1. The van der Waals surface area contributed by atoms with E-state index in [1.54, 1.807) is 0 Å². The highest BCUT2D eigenvalue weighted by molar-refractivity contribution is 5.83. The Morgan fingerprint density at radius 2 is 1.97 bits per heavy atom. The molecule has 0 radical (unpaired) electrons. The molecule has 0 bridgehead atoms. The van der Waals surface area contributed by atoms with Crippen molar-refractivity contribution < 1.29 is 14.3 Å². The van der Waals surface area contributed by atoms with Crippen molar-refractivity contribution in [2.45, 2.75) is 51.1 Å². The smallest absolute Gasteiger partial charge is 0.230 e. The Hall–Kier alpha value is -2.82. The van der Waals surface area contributed by atoms with Crippen molar-refractivity contribution in [2.24, 2.45) is 0 Å². The van der Waals surface area contributed by atoms with E-state index in [0.29, 0.717) is 38.6 Å². The first kappa shape index (κ1) is 19.5. The van der Waals surface area contributed by atoms with Gasteiger partial charge in [0.15, 0.2) is 0 Å². The molecule has 5 heteroatoms. The molecule has 29 heavy (non-hydrogen) atoms. The van der Waals surface area contributed by atoms with Crippen LogP contribution in [-0.2, 0) is 22.6 Å². The fourth-order valence-corrected chi connectivity index (χ4v) is 3.73. The second kappa shape index (κ2) is 8.68. The van der Waals surface area contributed by atoms with Crippen LogP contribution >= 0.6 is 0 Å². The van der Waals surface area contributed by atoms with Gasteiger partial charge in [0, 0.05) is 24.6 Å². The minimum Gasteiger partial charge on any atom is -0.491 e. The summed E-state index contributed by atoms with van der Waals surface area (Å²) in [6.45, 7) is 3.56. The van der Waals surface area contributed by atoms with Crippen molar-refractivity contribution in [1.29, 1.82) is 0 Å². The van der Waals surface area contributed by atoms with Crippen LogP contribution in [0.4, 0.5) is 0 Å². The number of benzene rings is 2. The first-order valence-corrected chi connectivity index (χ1v) is 10.5. The maximum absolute atomic E-state index is 13.1. The van der Waals surface area contributed by atoms with Crippen LogP contribution in [0.5, 0.6) is 5.75 Å². The summed E-state index contributed by atoms with van der Waals surface area (Å²) in [5.41, 5.74) is 3.14. The van der Waals surface area contributed by atoms with Crippen molar-refractivity contribution in [3.63, 3.8) is 0 Å². The van der Waals surface area contributed by atoms with Crippen molar-refractivity contribution in [2.75, 3.05) is 13.2 Å². The highest BCUT2D eigenvalue weighted by atomic mass is 16.5. The maximum atomic E-state index is 13.1. The molecule has 1 aliphatic carbocycles. The Kier molecular flexibility index (Phi) is 5.84. The van der Waals surface area contributed by atoms with E-state index in [1.807, 2.05) is 54.3 Å². The zero-order valence-electron chi connectivity index (χ0n) is 16.9. The summed E-state index contributed by atoms with van der Waals surface area (Å²) < 4.78 is 5.88. The van der Waals surface area contributed by atoms with Gasteiger partial charge in [0.1, 0.15) is 12.4 Å². The average Bonchev–Trinajstić information content (AvgIpc) is 3.57. The van der Waals surface area contributed by atoms with E-state index in [0.717, 1.165) is 35.3 Å². The lowest BCUT2D eigenvalue weighted by atomic mass is 9.99. The van der Waals surface area contributed by atoms with Gasteiger partial charge in [-0.25, -0.2) is 0 Å². The highest BCUT2D eigenvalue weighted by Crippen LogP contribution is 2.27. The summed E-state index contributed by atoms with van der Waals surface area (Å²) in [5.74, 6) is 0.875. The second-order valence-corrected chi connectivity index (χ2v) is 8.02. The van der Waals surface area contributed by atoms with Gasteiger partial charge >= 0.3 is 0 Å². The number of rotatable bonds is 6. The molecule has 2 aromatic rings. The molecule has 1 heterocycles. The third-order valence-corrected chi connectivity index (χ3v) is 5.67. The highest BCUT2D eigenvalue weighted by Gasteiger charge is 2.25. The lowest BCUT2D eigenvalue weighted by Gasteiger charge is -2.24. The molecule has 1 atom stereocenters. The molecule has 1 aliphatic heterocycles. The summed E-state index contributed by atoms with van der Waals surface area (Å²) in [5, 5.41) is 3.03. The van der Waals surface area contributed by atoms with E-state index in [1.165, 1.54) is 0 Å². The fourth-order valence-electron chi connectivity index (χ4n) is 3.73. The number of hydrogen-bond acceptors (Lipinski definition) is 3. The molecule has 2 aliphatic rings. The van der Waals surface area contributed by atoms with Crippen molar-refractivity contribution >= 4 is 11.8 Å². The van der Waals surface area contributed by atoms with Crippen molar-refractivity contribution in [3.8, 4) is 5.75 Å². The van der Waals surface area contributed by atoms with Crippen LogP contribution in [0, 0.1) is 0 Å². The van der Waals surface area contributed by atoms with E-state index in [2.05, 4.69) is 11.4 Å². The molecule has 0 aromatic heterocycles. The molecule has 2 aromatic carbocycles. The first-order chi connectivity index (χ1) is 14.1. The standard InChI is InChI=1S/C24H28N2O3/c1-17(19-5-3-2-4-6-19)24(28)26-13-14-29-22-11-7-18(15-20(22)16-26)8-12-23(27)25-21-9-10-21/h2-7,11,15,17,21H,8-10,12-14,16H2,1H3,(H,25,27). The van der Waals surface area contributed by atoms with Gasteiger partial charge in [-0.3, -0.25) is 9.59 Å². The number of aryl methyl sites for hydroxylation is 1. The second-order valence-electron chi connectivity index (χ2n) is 8.02. The van der Waals surface area contributed by atoms with Crippen LogP contribution in [0.25, 0.3) is 0 Å². The van der Waals surface area contributed by atoms with Crippen LogP contribution in [0.3, 0.4) is 0 Å². The van der Waals surface area contributed by atoms with Crippen LogP contribution in [-0.4, -0.2) is 35.9 Å². The van der Waals surface area contributed by atoms with Crippen molar-refractivity contribution in [1.82, 2.24) is 10.2 Å². The Bertz CT molecular complexity index is 877. The van der Waals surface area contributed by atoms with Crippen LogP contribution in [0.15, 0.2) is 48.5 Å². The minimum atomic E-state index is -0.188. The number of carbonyl (C=O) groups is 2. The van der Waals surface area contributed by atoms with Gasteiger partial charge in [-0.05, 0) is 43.4 Å². The Balaban J connectivity index is 1.42. The topological polar surface area (TPSA) is 58.6 Å². The van der Waals surface area contributed by atoms with Gasteiger partial charge in [-0.2, -0.15) is 0 Å². The fraction of sp³-hybridized carbons (Fsp3) is 0.417. The van der Waals surface area contributed by atoms with Gasteiger partial charge in [-0.1, -0.05) is 42.5 Å². The molecule has 1 fully saturated rings. The van der Waals surface area contributed by atoms with E-state index in [4.69, 9.17) is 4.74 Å². The number of ether oxygens (including phenoxy) is 1. The zero-order valence-corrected chi connectivity index (χ0v) is 16.9. The zero-order chi connectivity index (χ0) is 20.2. The molecule has 1 unspecified atom stereocenters. The third kappa shape index (κ3) is 4.97. The quantitative estimate of drug-likeness (QED) is 0.819. The minimum absolute atomic E-state index is 0.113. The molecule has 2 amide bonds. The van der Waals surface area contributed by atoms with E-state index in [-0.39, 0.29) is 17.7 Å². The molecule has 1 N–H and O–H groups in total. The summed E-state index contributed by atoms with van der Waals surface area (Å²) >= 11 is 0. The first-order valence-electron chi connectivity index (χ1n) is 10.5. The Morgan fingerprint density at radius 3 is 2.72 bits per heavy atom. The predicted octanol–water partition coefficient (Wildman–Crippen LogP) is 3.42. The summed E-state index contributed by atoms with van der Waals surface area (Å²) in [4.78, 5) is 26.9. The molecule has 152 valence electrons. The van der Waals surface area contributed by atoms with E-state index >= 15 is 0 Å². The van der Waals surface area contributed by atoms with Gasteiger partial charge in [0.05, 0.1) is 12.5 Å². The molecule has 5 nitrogen and oxygen atoms in total. The molecular weight excluding hydrogens is 364 g/mol. The SMILES string of the molecule is CC(C(=O)N1CCOc2ccc(CCC(=O)NC3CC3)cc2C1)c1ccccc1. The monoisotopic (exact) mass is 392 g/mol. The van der Waals surface area contributed by atoms with E-state index < -0.39 is 0 Å². The summed E-state index contributed by atoms with van der Waals surface area (Å²) in [7, 11) is 0. The summed E-state index contributed by atoms with van der Waals surface area (Å²) in [6, 6.07) is 16.4. The largest absolute Gasteiger partial charge is 0.491 e. The van der Waals surface area contributed by atoms with Crippen LogP contribution < -0.4 is 10.1 Å². The molecule has 4 rings (SSSR count). The number of fused-ring (bicyclic) bond motifs is 1. The van der Waals surface area contributed by atoms with Gasteiger partial charge in [0.2, 0.25) is 11.8 Å². The molecule has 0 saturated heterocycles. The van der Waals surface area contributed by atoms with Gasteiger partial charge in [0.25, 0.3) is 0 Å². The number of amides is 2. The third-order valence-electron chi connectivity index (χ3n) is 5.67. The number of hydrogen-bond donors (Lipinski definition) is 1. The average molecular weight is 392 g/mol. The number of carbonyl (C=O) groups excluding carboxylic acids is 2. The summed E-state index contributed by atoms with van der Waals surface area (Å²) in [6.07, 6.45) is 3.39. The van der Waals surface area contributed by atoms with Crippen molar-refractivity contribution in [3.05, 3.63) is 65.2 Å². The normalized spacial score (nSPS) is 16.9. The Labute approximate surface area is 172 Å².